The lowest BCUT2D eigenvalue weighted by Gasteiger charge is -2.36. The summed E-state index contributed by atoms with van der Waals surface area (Å²) in [4.78, 5) is 10.3. The van der Waals surface area contributed by atoms with Crippen molar-refractivity contribution in [3.8, 4) is 11.1 Å². The molecule has 5 aromatic carbocycles. The van der Waals surface area contributed by atoms with Crippen LogP contribution in [0, 0.1) is 0 Å². The minimum absolute atomic E-state index is 0.0208. The van der Waals surface area contributed by atoms with Gasteiger partial charge in [0.15, 0.2) is 6.17 Å². The van der Waals surface area contributed by atoms with E-state index in [2.05, 4.69) is 134 Å². The molecule has 3 heteroatoms. The van der Waals surface area contributed by atoms with Crippen molar-refractivity contribution in [3.63, 3.8) is 0 Å². The van der Waals surface area contributed by atoms with Crippen LogP contribution in [-0.4, -0.2) is 11.7 Å². The Balaban J connectivity index is 1.08. The molecule has 1 fully saturated rings. The molecule has 1 aliphatic heterocycles. The van der Waals surface area contributed by atoms with Gasteiger partial charge in [-0.1, -0.05) is 148 Å². The van der Waals surface area contributed by atoms with E-state index in [0.29, 0.717) is 0 Å². The summed E-state index contributed by atoms with van der Waals surface area (Å²) in [6, 6.07) is 44.4. The molecule has 1 atom stereocenters. The van der Waals surface area contributed by atoms with Crippen LogP contribution in [0.2, 0.25) is 0 Å². The average Bonchev–Trinajstić information content (AvgIpc) is 3.59. The predicted molar refractivity (Wildman–Crippen MR) is 211 cm³/mol. The molecule has 3 nitrogen and oxygen atoms in total. The summed E-state index contributed by atoms with van der Waals surface area (Å²) < 4.78 is 0. The topological polar surface area (TPSA) is 36.8 Å². The molecule has 0 bridgehead atoms. The van der Waals surface area contributed by atoms with Gasteiger partial charge < -0.3 is 5.32 Å². The van der Waals surface area contributed by atoms with E-state index >= 15 is 0 Å². The first-order valence-corrected chi connectivity index (χ1v) is 18.9. The van der Waals surface area contributed by atoms with E-state index in [1.807, 2.05) is 12.1 Å². The van der Waals surface area contributed by atoms with E-state index in [1.54, 1.807) is 16.7 Å². The Hall–Kier alpha value is -5.28. The summed E-state index contributed by atoms with van der Waals surface area (Å²) in [5.41, 5.74) is 18.1. The lowest BCUT2D eigenvalue weighted by molar-refractivity contribution is 0.352. The summed E-state index contributed by atoms with van der Waals surface area (Å²) in [5.74, 6) is 1.70. The molecule has 250 valence electrons. The number of amidine groups is 2. The second kappa shape index (κ2) is 11.6. The van der Waals surface area contributed by atoms with Crippen LogP contribution in [0.3, 0.4) is 0 Å². The molecule has 0 aromatic heterocycles. The summed E-state index contributed by atoms with van der Waals surface area (Å²) >= 11 is 0. The van der Waals surface area contributed by atoms with Crippen LogP contribution < -0.4 is 5.32 Å². The van der Waals surface area contributed by atoms with Gasteiger partial charge in [-0.25, -0.2) is 9.98 Å². The number of benzene rings is 5. The monoisotopic (exact) mass is 661 g/mol. The average molecular weight is 662 g/mol. The number of fused-ring (bicyclic) bond motifs is 7. The second-order valence-corrected chi connectivity index (χ2v) is 15.6. The Morgan fingerprint density at radius 3 is 2.06 bits per heavy atom. The van der Waals surface area contributed by atoms with E-state index < -0.39 is 0 Å². The molecule has 1 unspecified atom stereocenters. The van der Waals surface area contributed by atoms with E-state index in [9.17, 15) is 0 Å². The lowest BCUT2D eigenvalue weighted by atomic mass is 9.67. The van der Waals surface area contributed by atoms with E-state index in [1.165, 1.54) is 71.1 Å². The minimum Gasteiger partial charge on any atom is -0.324 e. The Morgan fingerprint density at radius 1 is 0.588 bits per heavy atom. The van der Waals surface area contributed by atoms with Gasteiger partial charge in [0, 0.05) is 22.0 Å². The molecular weight excluding hydrogens is 619 g/mol. The first-order chi connectivity index (χ1) is 25.0. The fraction of sp³-hybridized carbons (Fsp3) is 0.250. The molecule has 1 N–H and O–H groups in total. The highest BCUT2D eigenvalue weighted by Crippen LogP contribution is 2.61. The van der Waals surface area contributed by atoms with Crippen LogP contribution >= 0.6 is 0 Å². The van der Waals surface area contributed by atoms with Crippen molar-refractivity contribution in [2.75, 3.05) is 0 Å². The first-order valence-electron chi connectivity index (χ1n) is 18.9. The number of aliphatic imine (C=N–C) groups is 2. The van der Waals surface area contributed by atoms with Crippen LogP contribution in [-0.2, 0) is 10.8 Å². The Labute approximate surface area is 301 Å². The van der Waals surface area contributed by atoms with Crippen molar-refractivity contribution in [3.05, 3.63) is 177 Å². The number of rotatable bonds is 4. The number of nitrogens with one attached hydrogen (secondary N) is 1. The van der Waals surface area contributed by atoms with Crippen LogP contribution in [0.1, 0.15) is 109 Å². The highest BCUT2D eigenvalue weighted by molar-refractivity contribution is 6.17. The first kappa shape index (κ1) is 30.5. The highest BCUT2D eigenvalue weighted by atomic mass is 15.2. The molecule has 1 saturated carbocycles. The number of hydrogen-bond acceptors (Lipinski definition) is 3. The van der Waals surface area contributed by atoms with Gasteiger partial charge in [0.1, 0.15) is 11.7 Å². The summed E-state index contributed by atoms with van der Waals surface area (Å²) in [5, 5.41) is 3.63. The van der Waals surface area contributed by atoms with Gasteiger partial charge in [-0.15, -0.1) is 0 Å². The van der Waals surface area contributed by atoms with Crippen LogP contribution in [0.15, 0.2) is 143 Å². The largest absolute Gasteiger partial charge is 0.324 e. The maximum atomic E-state index is 5.20. The van der Waals surface area contributed by atoms with Crippen LogP contribution in [0.25, 0.3) is 22.3 Å². The normalized spacial score (nSPS) is 20.7. The maximum absolute atomic E-state index is 5.20. The highest BCUT2D eigenvalue weighted by Gasteiger charge is 2.47. The number of hydrogen-bond donors (Lipinski definition) is 1. The third-order valence-electron chi connectivity index (χ3n) is 12.5. The van der Waals surface area contributed by atoms with Gasteiger partial charge in [0.25, 0.3) is 0 Å². The molecule has 1 spiro atoms. The maximum Gasteiger partial charge on any atom is 0.169 e. The molecule has 5 aromatic rings. The molecule has 0 amide bonds. The number of allylic oxidation sites excluding steroid dienone is 4. The van der Waals surface area contributed by atoms with Crippen LogP contribution in [0.4, 0.5) is 0 Å². The standard InChI is InChI=1S/C48H43N3/c1-47(2)40-25-15-23-35(43(40)38-30-42-37(29-41(38)47)36-22-10-11-24-39(36)48(42)26-12-5-13-27-48)33-20-14-21-34(28-33)46-50-44(31-16-6-3-7-17-31)49-45(51-46)32-18-8-4-9-19-32/h3-4,6-11,14,16-24,28-30,44H,5,12-13,15,25-27H2,1-2H3,(H,49,50,51). The van der Waals surface area contributed by atoms with Crippen molar-refractivity contribution in [2.45, 2.75) is 75.8 Å². The summed E-state index contributed by atoms with van der Waals surface area (Å²) in [6.07, 6.45) is 10.8. The van der Waals surface area contributed by atoms with Gasteiger partial charge in [-0.2, -0.15) is 0 Å². The van der Waals surface area contributed by atoms with Gasteiger partial charge in [0.05, 0.1) is 0 Å². The van der Waals surface area contributed by atoms with Crippen molar-refractivity contribution in [1.29, 1.82) is 0 Å². The molecule has 4 aliphatic carbocycles. The fourth-order valence-electron chi connectivity index (χ4n) is 9.97. The van der Waals surface area contributed by atoms with Gasteiger partial charge in [-0.3, -0.25) is 0 Å². The van der Waals surface area contributed by atoms with Crippen LogP contribution in [0.5, 0.6) is 0 Å². The second-order valence-electron chi connectivity index (χ2n) is 15.6. The van der Waals surface area contributed by atoms with Crippen molar-refractivity contribution in [1.82, 2.24) is 5.32 Å². The zero-order chi connectivity index (χ0) is 34.2. The molecular formula is C48H43N3. The Morgan fingerprint density at radius 2 is 1.25 bits per heavy atom. The molecule has 0 radical (unpaired) electrons. The summed E-state index contributed by atoms with van der Waals surface area (Å²) in [7, 11) is 0. The van der Waals surface area contributed by atoms with E-state index in [4.69, 9.17) is 9.98 Å². The number of nitrogens with zero attached hydrogens (tertiary/aromatic N) is 2. The quantitative estimate of drug-likeness (QED) is 0.204. The molecule has 5 aliphatic rings. The molecule has 10 rings (SSSR count). The van der Waals surface area contributed by atoms with E-state index in [0.717, 1.165) is 41.2 Å². The molecule has 51 heavy (non-hydrogen) atoms. The fourth-order valence-corrected chi connectivity index (χ4v) is 9.97. The third kappa shape index (κ3) is 4.70. The van der Waals surface area contributed by atoms with Gasteiger partial charge >= 0.3 is 0 Å². The third-order valence-corrected chi connectivity index (χ3v) is 12.5. The smallest absolute Gasteiger partial charge is 0.169 e. The lowest BCUT2D eigenvalue weighted by Crippen LogP contribution is -2.36. The SMILES string of the molecule is CC1(C)C2=C(C(c3cccc(C4=NC(c5ccccc5)N=C(c5ccccc5)N4)c3)=CCC2)c2cc3c(cc21)-c1ccccc1C31CCCCC1. The predicted octanol–water partition coefficient (Wildman–Crippen LogP) is 11.3. The van der Waals surface area contributed by atoms with E-state index in [-0.39, 0.29) is 17.0 Å². The van der Waals surface area contributed by atoms with Gasteiger partial charge in [0.2, 0.25) is 0 Å². The van der Waals surface area contributed by atoms with Gasteiger partial charge in [-0.05, 0) is 99.5 Å². The van der Waals surface area contributed by atoms with Crippen molar-refractivity contribution < 1.29 is 0 Å². The Bertz CT molecular complexity index is 2330. The summed E-state index contributed by atoms with van der Waals surface area (Å²) in [6.45, 7) is 4.93. The molecule has 1 heterocycles. The minimum atomic E-state index is -0.314. The Kier molecular flexibility index (Phi) is 6.97. The zero-order valence-corrected chi connectivity index (χ0v) is 29.5. The van der Waals surface area contributed by atoms with Crippen molar-refractivity contribution in [2.24, 2.45) is 9.98 Å². The van der Waals surface area contributed by atoms with Crippen molar-refractivity contribution >= 4 is 22.8 Å². The zero-order valence-electron chi connectivity index (χ0n) is 29.5. The molecule has 0 saturated heterocycles.